The summed E-state index contributed by atoms with van der Waals surface area (Å²) in [6, 6.07) is 13.8. The number of hydrogen-bond acceptors (Lipinski definition) is 2. The van der Waals surface area contributed by atoms with Gasteiger partial charge < -0.3 is 10.2 Å². The van der Waals surface area contributed by atoms with E-state index in [-0.39, 0.29) is 24.2 Å². The first-order valence-corrected chi connectivity index (χ1v) is 8.76. The summed E-state index contributed by atoms with van der Waals surface area (Å²) in [7, 11) is 0. The van der Waals surface area contributed by atoms with Crippen LogP contribution in [0, 0.1) is 19.8 Å². The Morgan fingerprint density at radius 1 is 1.12 bits per heavy atom. The molecule has 4 heteroatoms. The zero-order valence-corrected chi connectivity index (χ0v) is 15.0. The Bertz CT molecular complexity index is 813. The average Bonchev–Trinajstić information content (AvgIpc) is 2.99. The van der Waals surface area contributed by atoms with Crippen LogP contribution < -0.4 is 10.2 Å². The van der Waals surface area contributed by atoms with E-state index >= 15 is 0 Å². The molecule has 1 N–H and O–H groups in total. The van der Waals surface area contributed by atoms with Crippen molar-refractivity contribution in [3.05, 3.63) is 59.2 Å². The molecule has 1 saturated heterocycles. The van der Waals surface area contributed by atoms with Gasteiger partial charge in [-0.3, -0.25) is 9.59 Å². The van der Waals surface area contributed by atoms with Gasteiger partial charge in [-0.25, -0.2) is 0 Å². The van der Waals surface area contributed by atoms with Crippen molar-refractivity contribution < 1.29 is 9.59 Å². The van der Waals surface area contributed by atoms with E-state index in [0.717, 1.165) is 34.5 Å². The lowest BCUT2D eigenvalue weighted by molar-refractivity contribution is -0.122. The molecule has 1 fully saturated rings. The Balaban J connectivity index is 1.77. The number of anilines is 2. The van der Waals surface area contributed by atoms with Crippen molar-refractivity contribution in [1.29, 1.82) is 0 Å². The minimum Gasteiger partial charge on any atom is -0.325 e. The quantitative estimate of drug-likeness (QED) is 0.922. The van der Waals surface area contributed by atoms with Crippen LogP contribution in [0.1, 0.15) is 30.0 Å². The van der Waals surface area contributed by atoms with Gasteiger partial charge in [-0.15, -0.1) is 0 Å². The maximum atomic E-state index is 12.8. The predicted molar refractivity (Wildman–Crippen MR) is 101 cm³/mol. The summed E-state index contributed by atoms with van der Waals surface area (Å²) < 4.78 is 0. The number of para-hydroxylation sites is 2. The lowest BCUT2D eigenvalue weighted by Crippen LogP contribution is -2.29. The van der Waals surface area contributed by atoms with E-state index in [0.29, 0.717) is 6.54 Å². The second-order valence-corrected chi connectivity index (χ2v) is 6.64. The molecule has 0 aromatic heterocycles. The summed E-state index contributed by atoms with van der Waals surface area (Å²) in [6.45, 7) is 6.48. The summed E-state index contributed by atoms with van der Waals surface area (Å²) >= 11 is 0. The third-order valence-electron chi connectivity index (χ3n) is 4.89. The molecule has 0 saturated carbocycles. The number of aryl methyl sites for hydroxylation is 3. The minimum absolute atomic E-state index is 0.00921. The molecule has 3 rings (SSSR count). The van der Waals surface area contributed by atoms with Gasteiger partial charge in [-0.2, -0.15) is 0 Å². The number of rotatable bonds is 4. The van der Waals surface area contributed by atoms with Crippen LogP contribution in [0.4, 0.5) is 11.4 Å². The van der Waals surface area contributed by atoms with Gasteiger partial charge in [0.05, 0.1) is 5.92 Å². The van der Waals surface area contributed by atoms with Crippen LogP contribution in [0.15, 0.2) is 42.5 Å². The van der Waals surface area contributed by atoms with Crippen LogP contribution in [0.3, 0.4) is 0 Å². The van der Waals surface area contributed by atoms with Gasteiger partial charge in [-0.05, 0) is 43.0 Å². The topological polar surface area (TPSA) is 49.4 Å². The van der Waals surface area contributed by atoms with Crippen LogP contribution in [-0.4, -0.2) is 18.4 Å². The monoisotopic (exact) mass is 336 g/mol. The van der Waals surface area contributed by atoms with Gasteiger partial charge in [0, 0.05) is 24.3 Å². The second kappa shape index (κ2) is 7.09. The first-order valence-electron chi connectivity index (χ1n) is 8.76. The molecule has 1 aliphatic heterocycles. The van der Waals surface area contributed by atoms with E-state index in [1.165, 1.54) is 0 Å². The number of benzene rings is 2. The molecule has 4 nitrogen and oxygen atoms in total. The van der Waals surface area contributed by atoms with Crippen LogP contribution in [0.25, 0.3) is 0 Å². The van der Waals surface area contributed by atoms with Crippen molar-refractivity contribution in [2.24, 2.45) is 5.92 Å². The Hall–Kier alpha value is -2.62. The Labute approximate surface area is 148 Å². The summed E-state index contributed by atoms with van der Waals surface area (Å²) in [5.74, 6) is -0.389. The Morgan fingerprint density at radius 2 is 1.84 bits per heavy atom. The summed E-state index contributed by atoms with van der Waals surface area (Å²) in [5.41, 5.74) is 5.00. The smallest absolute Gasteiger partial charge is 0.229 e. The van der Waals surface area contributed by atoms with Gasteiger partial charge in [0.2, 0.25) is 11.8 Å². The molecule has 0 spiro atoms. The van der Waals surface area contributed by atoms with Gasteiger partial charge in [-0.1, -0.05) is 43.3 Å². The zero-order valence-electron chi connectivity index (χ0n) is 15.0. The van der Waals surface area contributed by atoms with Crippen molar-refractivity contribution in [3.8, 4) is 0 Å². The molecule has 1 heterocycles. The molecule has 0 bridgehead atoms. The van der Waals surface area contributed by atoms with E-state index < -0.39 is 0 Å². The first-order chi connectivity index (χ1) is 12.0. The highest BCUT2D eigenvalue weighted by Gasteiger charge is 2.35. The van der Waals surface area contributed by atoms with Crippen LogP contribution in [0.2, 0.25) is 0 Å². The van der Waals surface area contributed by atoms with Crippen molar-refractivity contribution in [2.75, 3.05) is 16.8 Å². The number of amides is 2. The maximum Gasteiger partial charge on any atom is 0.229 e. The highest BCUT2D eigenvalue weighted by molar-refractivity contribution is 6.04. The maximum absolute atomic E-state index is 12.8. The third-order valence-corrected chi connectivity index (χ3v) is 4.89. The molecular formula is C21H24N2O2. The van der Waals surface area contributed by atoms with Crippen LogP contribution in [-0.2, 0) is 16.0 Å². The molecular weight excluding hydrogens is 312 g/mol. The number of nitrogens with one attached hydrogen (secondary N) is 1. The highest BCUT2D eigenvalue weighted by Crippen LogP contribution is 2.29. The van der Waals surface area contributed by atoms with Gasteiger partial charge in [0.25, 0.3) is 0 Å². The second-order valence-electron chi connectivity index (χ2n) is 6.64. The predicted octanol–water partition coefficient (Wildman–Crippen LogP) is 3.86. The lowest BCUT2D eigenvalue weighted by Gasteiger charge is -2.19. The van der Waals surface area contributed by atoms with Gasteiger partial charge in [0.1, 0.15) is 0 Å². The van der Waals surface area contributed by atoms with Crippen molar-refractivity contribution in [3.63, 3.8) is 0 Å². The average molecular weight is 336 g/mol. The zero-order chi connectivity index (χ0) is 18.0. The molecule has 2 amide bonds. The standard InChI is InChI=1S/C21H24N2O2/c1-4-16-10-7-9-15(3)20(16)22-21(25)17-12-19(24)23(13-17)18-11-6-5-8-14(18)2/h5-11,17H,4,12-13H2,1-3H3,(H,22,25)/t17-/m1/s1. The lowest BCUT2D eigenvalue weighted by atomic mass is 10.0. The molecule has 0 aliphatic carbocycles. The largest absolute Gasteiger partial charge is 0.325 e. The van der Waals surface area contributed by atoms with Crippen LogP contribution >= 0.6 is 0 Å². The highest BCUT2D eigenvalue weighted by atomic mass is 16.2. The van der Waals surface area contributed by atoms with E-state index in [2.05, 4.69) is 12.2 Å². The number of nitrogens with zero attached hydrogens (tertiary/aromatic N) is 1. The SMILES string of the molecule is CCc1cccc(C)c1NC(=O)[C@@H]1CC(=O)N(c2ccccc2C)C1. The number of hydrogen-bond donors (Lipinski definition) is 1. The molecule has 1 atom stereocenters. The van der Waals surface area contributed by atoms with E-state index in [9.17, 15) is 9.59 Å². The van der Waals surface area contributed by atoms with E-state index in [4.69, 9.17) is 0 Å². The van der Waals surface area contributed by atoms with Crippen LogP contribution in [0.5, 0.6) is 0 Å². The van der Waals surface area contributed by atoms with Gasteiger partial charge in [0.15, 0.2) is 0 Å². The fourth-order valence-corrected chi connectivity index (χ4v) is 3.41. The molecule has 0 unspecified atom stereocenters. The van der Waals surface area contributed by atoms with E-state index in [1.807, 2.05) is 56.3 Å². The van der Waals surface area contributed by atoms with Crippen molar-refractivity contribution in [2.45, 2.75) is 33.6 Å². The van der Waals surface area contributed by atoms with E-state index in [1.54, 1.807) is 4.90 Å². The molecule has 130 valence electrons. The number of carbonyl (C=O) groups excluding carboxylic acids is 2. The Kier molecular flexibility index (Phi) is 4.88. The minimum atomic E-state index is -0.323. The molecule has 1 aliphatic rings. The Morgan fingerprint density at radius 3 is 2.56 bits per heavy atom. The van der Waals surface area contributed by atoms with Crippen molar-refractivity contribution >= 4 is 23.2 Å². The molecule has 2 aromatic rings. The fourth-order valence-electron chi connectivity index (χ4n) is 3.41. The summed E-state index contributed by atoms with van der Waals surface area (Å²) in [4.78, 5) is 26.9. The normalized spacial score (nSPS) is 17.0. The molecule has 25 heavy (non-hydrogen) atoms. The summed E-state index contributed by atoms with van der Waals surface area (Å²) in [5, 5.41) is 3.06. The first kappa shape index (κ1) is 17.2. The fraction of sp³-hybridized carbons (Fsp3) is 0.333. The third kappa shape index (κ3) is 3.43. The molecule has 0 radical (unpaired) electrons. The molecule has 2 aromatic carbocycles. The van der Waals surface area contributed by atoms with Crippen molar-refractivity contribution in [1.82, 2.24) is 0 Å². The number of carbonyl (C=O) groups is 2. The van der Waals surface area contributed by atoms with Gasteiger partial charge >= 0.3 is 0 Å². The summed E-state index contributed by atoms with van der Waals surface area (Å²) in [6.07, 6.45) is 1.11.